The molecule has 2 N–H and O–H groups in total. The molecule has 0 unspecified atom stereocenters. The zero-order valence-corrected chi connectivity index (χ0v) is 44.4. The van der Waals surface area contributed by atoms with Crippen LogP contribution in [-0.4, -0.2) is 118 Å². The number of esters is 4. The maximum atomic E-state index is 11.3. The van der Waals surface area contributed by atoms with Gasteiger partial charge in [0.25, 0.3) is 0 Å². The quantitative estimate of drug-likeness (QED) is 0.0265. The summed E-state index contributed by atoms with van der Waals surface area (Å²) in [6.07, 6.45) is 11.7. The Morgan fingerprint density at radius 2 is 0.904 bits per heavy atom. The largest absolute Gasteiger partial charge is 0.479 e. The van der Waals surface area contributed by atoms with Crippen LogP contribution in [0.3, 0.4) is 0 Å². The highest BCUT2D eigenvalue weighted by atomic mass is 32.2. The Hall–Kier alpha value is -6.31. The van der Waals surface area contributed by atoms with Gasteiger partial charge in [-0.05, 0) is 80.7 Å². The van der Waals surface area contributed by atoms with Gasteiger partial charge in [-0.3, -0.25) is 9.59 Å². The maximum Gasteiger partial charge on any atom is 0.343 e. The molecular weight excluding hydrogens is 985 g/mol. The average Bonchev–Trinajstić information content (AvgIpc) is 4.06. The number of aliphatic hydroxyl groups is 1. The molecule has 0 atom stereocenters. The standard InChI is InChI=1S/C19H24O6S.C19H24O6.C16H20O5S/c1-13(20)23-10-5-8-16-14(9-11-26-3)15-6-4-7-17(19(15)25-16)24-12-18(21)22-2;1-4-7-14-15-8-5-9-17(24-12-18(21)22-3)19(15)25-16(14)10-6-11-23-13(2)20;1-22-9-7-11-12-4-2-5-14(20-10-15(18)19)16(12)21-13(11)6-3-8-17/h4,6-7H,5,8-12H2,1-3H3;5,8-9H,4,6-7,10-12H2,1-3H3;2,4-5,17H,3,6-10H2,1H3,(H,18,19). The summed E-state index contributed by atoms with van der Waals surface area (Å²) in [6.45, 7) is 5.01. The summed E-state index contributed by atoms with van der Waals surface area (Å²) in [5, 5.41) is 20.7. The SMILES string of the molecule is CCCc1c(CCCOC(C)=O)oc2c(OCC(=O)OC)cccc12.COC(=O)COc1cccc2c(CCSC)c(CCCOC(C)=O)oc12.CSCCc1c(CCCO)oc2c(OCC(=O)O)cccc12. The minimum absolute atomic E-state index is 0.112. The van der Waals surface area contributed by atoms with Crippen molar-refractivity contribution < 1.29 is 80.6 Å². The van der Waals surface area contributed by atoms with E-state index < -0.39 is 24.5 Å². The van der Waals surface area contributed by atoms with Crippen molar-refractivity contribution in [3.05, 3.63) is 88.6 Å². The molecule has 3 aromatic heterocycles. The molecule has 0 saturated carbocycles. The molecule has 73 heavy (non-hydrogen) atoms. The molecule has 0 saturated heterocycles. The highest BCUT2D eigenvalue weighted by Gasteiger charge is 2.21. The van der Waals surface area contributed by atoms with Gasteiger partial charge in [0.2, 0.25) is 0 Å². The van der Waals surface area contributed by atoms with Crippen LogP contribution in [0.1, 0.15) is 80.4 Å². The monoisotopic (exact) mass is 1050 g/mol. The number of carboxylic acid groups (broad SMARTS) is 1. The highest BCUT2D eigenvalue weighted by molar-refractivity contribution is 7.98. The Balaban J connectivity index is 0.000000238. The Bertz CT molecular complexity index is 2700. The molecule has 3 heterocycles. The number of aliphatic carboxylic acids is 1. The van der Waals surface area contributed by atoms with E-state index in [9.17, 15) is 24.0 Å². The Kier molecular flexibility index (Phi) is 26.0. The summed E-state index contributed by atoms with van der Waals surface area (Å²) in [5.74, 6) is 3.55. The number of benzene rings is 3. The number of rotatable bonds is 28. The normalized spacial score (nSPS) is 10.8. The van der Waals surface area contributed by atoms with Crippen LogP contribution < -0.4 is 14.2 Å². The second-order valence-corrected chi connectivity index (χ2v) is 18.2. The Labute approximate surface area is 433 Å². The molecule has 0 amide bonds. The molecule has 0 radical (unpaired) electrons. The fourth-order valence-corrected chi connectivity index (χ4v) is 8.49. The number of aryl methyl sites for hydroxylation is 6. The van der Waals surface area contributed by atoms with Crippen molar-refractivity contribution in [2.45, 2.75) is 85.0 Å². The molecule has 6 aromatic rings. The van der Waals surface area contributed by atoms with E-state index in [1.54, 1.807) is 41.7 Å². The van der Waals surface area contributed by atoms with E-state index in [0.29, 0.717) is 85.7 Å². The fourth-order valence-electron chi connectivity index (χ4n) is 7.68. The van der Waals surface area contributed by atoms with Crippen molar-refractivity contribution in [2.24, 2.45) is 0 Å². The molecular formula is C54H68O17S2. The first-order chi connectivity index (χ1) is 35.3. The van der Waals surface area contributed by atoms with E-state index in [1.165, 1.54) is 28.1 Å². The summed E-state index contributed by atoms with van der Waals surface area (Å²) >= 11 is 3.53. The number of furan rings is 3. The molecule has 0 spiro atoms. The number of aliphatic hydroxyl groups excluding tert-OH is 1. The zero-order chi connectivity index (χ0) is 53.1. The number of thioether (sulfide) groups is 2. The number of para-hydroxylation sites is 3. The summed E-state index contributed by atoms with van der Waals surface area (Å²) in [7, 11) is 2.64. The smallest absolute Gasteiger partial charge is 0.343 e. The van der Waals surface area contributed by atoms with Crippen LogP contribution in [0, 0.1) is 0 Å². The van der Waals surface area contributed by atoms with Crippen molar-refractivity contribution in [1.82, 2.24) is 0 Å². The number of fused-ring (bicyclic) bond motifs is 3. The lowest BCUT2D eigenvalue weighted by atomic mass is 10.0. The fraction of sp³-hybridized carbons (Fsp3) is 0.463. The third kappa shape index (κ3) is 18.6. The summed E-state index contributed by atoms with van der Waals surface area (Å²) in [4.78, 5) is 55.1. The van der Waals surface area contributed by atoms with Crippen LogP contribution in [0.2, 0.25) is 0 Å². The molecule has 0 aliphatic rings. The van der Waals surface area contributed by atoms with Gasteiger partial charge in [0.05, 0.1) is 27.4 Å². The molecule has 0 bridgehead atoms. The number of ether oxygens (including phenoxy) is 7. The summed E-state index contributed by atoms with van der Waals surface area (Å²) in [5.41, 5.74) is 5.27. The van der Waals surface area contributed by atoms with Crippen LogP contribution in [0.4, 0.5) is 0 Å². The van der Waals surface area contributed by atoms with Gasteiger partial charge in [-0.25, -0.2) is 14.4 Å². The number of carbonyl (C=O) groups excluding carboxylic acids is 4. The molecule has 19 heteroatoms. The minimum atomic E-state index is -1.02. The molecule has 17 nitrogen and oxygen atoms in total. The maximum absolute atomic E-state index is 11.3. The van der Waals surface area contributed by atoms with Crippen molar-refractivity contribution in [2.75, 3.05) is 77.9 Å². The Morgan fingerprint density at radius 3 is 1.23 bits per heavy atom. The van der Waals surface area contributed by atoms with E-state index in [4.69, 9.17) is 47.1 Å². The second kappa shape index (κ2) is 32.0. The lowest BCUT2D eigenvalue weighted by Gasteiger charge is -2.05. The minimum Gasteiger partial charge on any atom is -0.479 e. The number of hydrogen-bond acceptors (Lipinski definition) is 18. The van der Waals surface area contributed by atoms with Crippen LogP contribution in [0.5, 0.6) is 17.2 Å². The molecule has 0 fully saturated rings. The lowest BCUT2D eigenvalue weighted by Crippen LogP contribution is -2.12. The van der Waals surface area contributed by atoms with E-state index in [-0.39, 0.29) is 31.8 Å². The van der Waals surface area contributed by atoms with Gasteiger partial charge in [-0.1, -0.05) is 49.7 Å². The third-order valence-corrected chi connectivity index (χ3v) is 12.2. The van der Waals surface area contributed by atoms with Gasteiger partial charge < -0.3 is 56.6 Å². The van der Waals surface area contributed by atoms with Crippen LogP contribution >= 0.6 is 23.5 Å². The van der Waals surface area contributed by atoms with E-state index in [2.05, 4.69) is 28.9 Å². The summed E-state index contributed by atoms with van der Waals surface area (Å²) < 4.78 is 53.6. The second-order valence-electron chi connectivity index (χ2n) is 16.3. The van der Waals surface area contributed by atoms with E-state index in [1.807, 2.05) is 36.4 Å². The van der Waals surface area contributed by atoms with Crippen molar-refractivity contribution in [1.29, 1.82) is 0 Å². The van der Waals surface area contributed by atoms with Crippen molar-refractivity contribution >= 4 is 86.3 Å². The molecule has 0 aliphatic heterocycles. The molecule has 398 valence electrons. The predicted molar refractivity (Wildman–Crippen MR) is 280 cm³/mol. The molecule has 6 rings (SSSR count). The van der Waals surface area contributed by atoms with Crippen LogP contribution in [-0.2, 0) is 81.4 Å². The van der Waals surface area contributed by atoms with Gasteiger partial charge in [0.15, 0.2) is 53.8 Å². The van der Waals surface area contributed by atoms with Crippen molar-refractivity contribution in [3.63, 3.8) is 0 Å². The first kappa shape index (κ1) is 59.3. The number of methoxy groups -OCH3 is 2. The van der Waals surface area contributed by atoms with Crippen LogP contribution in [0.25, 0.3) is 32.9 Å². The molecule has 3 aromatic carbocycles. The van der Waals surface area contributed by atoms with Gasteiger partial charge in [0.1, 0.15) is 17.3 Å². The number of carboxylic acids is 1. The van der Waals surface area contributed by atoms with Gasteiger partial charge in [-0.15, -0.1) is 0 Å². The lowest BCUT2D eigenvalue weighted by molar-refractivity contribution is -0.143. The summed E-state index contributed by atoms with van der Waals surface area (Å²) in [6, 6.07) is 16.8. The third-order valence-electron chi connectivity index (χ3n) is 11.0. The first-order valence-electron chi connectivity index (χ1n) is 24.0. The predicted octanol–water partition coefficient (Wildman–Crippen LogP) is 9.55. The molecule has 0 aliphatic carbocycles. The topological polar surface area (TPSA) is 230 Å². The van der Waals surface area contributed by atoms with Gasteiger partial charge in [-0.2, -0.15) is 23.5 Å². The zero-order valence-electron chi connectivity index (χ0n) is 42.8. The first-order valence-corrected chi connectivity index (χ1v) is 26.8. The highest BCUT2D eigenvalue weighted by Crippen LogP contribution is 2.37. The van der Waals surface area contributed by atoms with Gasteiger partial charge >= 0.3 is 29.8 Å². The number of hydrogen-bond donors (Lipinski definition) is 2. The van der Waals surface area contributed by atoms with Gasteiger partial charge in [0, 0.05) is 72.6 Å². The van der Waals surface area contributed by atoms with Crippen LogP contribution in [0.15, 0.2) is 67.8 Å². The number of carbonyl (C=O) groups is 5. The Morgan fingerprint density at radius 1 is 0.534 bits per heavy atom. The van der Waals surface area contributed by atoms with E-state index >= 15 is 0 Å². The van der Waals surface area contributed by atoms with E-state index in [0.717, 1.165) is 87.3 Å². The average molecular weight is 1050 g/mol. The van der Waals surface area contributed by atoms with Crippen molar-refractivity contribution in [3.8, 4) is 17.2 Å².